The molecule has 1 atom stereocenters. The number of nitrogens with two attached hydrogens (primary N) is 1. The number of piperidine rings is 1. The molecule has 1 heterocycles. The van der Waals surface area contributed by atoms with E-state index in [2.05, 4.69) is 25.7 Å². The summed E-state index contributed by atoms with van der Waals surface area (Å²) in [7, 11) is 0. The van der Waals surface area contributed by atoms with Gasteiger partial charge in [-0.15, -0.1) is 0 Å². The highest BCUT2D eigenvalue weighted by Crippen LogP contribution is 2.24. The second-order valence-corrected chi connectivity index (χ2v) is 5.72. The van der Waals surface area contributed by atoms with Crippen molar-refractivity contribution in [2.75, 3.05) is 26.2 Å². The van der Waals surface area contributed by atoms with Gasteiger partial charge in [0.15, 0.2) is 0 Å². The van der Waals surface area contributed by atoms with Crippen molar-refractivity contribution in [2.45, 2.75) is 46.5 Å². The van der Waals surface area contributed by atoms with E-state index < -0.39 is 0 Å². The Morgan fingerprint density at radius 1 is 1.25 bits per heavy atom. The molecule has 2 N–H and O–H groups in total. The van der Waals surface area contributed by atoms with Gasteiger partial charge in [-0.3, -0.25) is 0 Å². The molecule has 0 saturated carbocycles. The molecule has 0 aliphatic carbocycles. The molecule has 0 bridgehead atoms. The first-order valence-electron chi connectivity index (χ1n) is 7.09. The maximum absolute atomic E-state index is 5.74. The summed E-state index contributed by atoms with van der Waals surface area (Å²) in [6, 6.07) is 0. The van der Waals surface area contributed by atoms with Crippen LogP contribution in [0.1, 0.15) is 46.5 Å². The van der Waals surface area contributed by atoms with Crippen molar-refractivity contribution in [3.63, 3.8) is 0 Å². The van der Waals surface area contributed by atoms with Gasteiger partial charge >= 0.3 is 0 Å². The van der Waals surface area contributed by atoms with Crippen LogP contribution in [0.3, 0.4) is 0 Å². The third-order valence-corrected chi connectivity index (χ3v) is 4.34. The zero-order valence-electron chi connectivity index (χ0n) is 11.4. The molecule has 1 fully saturated rings. The van der Waals surface area contributed by atoms with Crippen LogP contribution in [-0.4, -0.2) is 31.1 Å². The fourth-order valence-electron chi connectivity index (χ4n) is 2.70. The molecule has 0 aromatic heterocycles. The number of nitrogens with zero attached hydrogens (tertiary/aromatic N) is 1. The standard InChI is InChI=1S/C14H30N2/c1-4-13(11-15)5-8-16-9-6-14(7-10-16)12(2)3/h12-14H,4-11,15H2,1-3H3. The summed E-state index contributed by atoms with van der Waals surface area (Å²) >= 11 is 0. The van der Waals surface area contributed by atoms with Crippen molar-refractivity contribution < 1.29 is 0 Å². The Morgan fingerprint density at radius 2 is 1.88 bits per heavy atom. The minimum atomic E-state index is 0.739. The lowest BCUT2D eigenvalue weighted by molar-refractivity contribution is 0.150. The third kappa shape index (κ3) is 4.42. The SMILES string of the molecule is CCC(CN)CCN1CCC(C(C)C)CC1. The Kier molecular flexibility index (Phi) is 6.37. The molecular weight excluding hydrogens is 196 g/mol. The van der Waals surface area contributed by atoms with Gasteiger partial charge in [-0.2, -0.15) is 0 Å². The third-order valence-electron chi connectivity index (χ3n) is 4.34. The molecule has 1 saturated heterocycles. The van der Waals surface area contributed by atoms with E-state index in [0.29, 0.717) is 0 Å². The van der Waals surface area contributed by atoms with Gasteiger partial charge in [-0.1, -0.05) is 27.2 Å². The highest BCUT2D eigenvalue weighted by Gasteiger charge is 2.21. The molecule has 96 valence electrons. The highest BCUT2D eigenvalue weighted by molar-refractivity contribution is 4.75. The predicted octanol–water partition coefficient (Wildman–Crippen LogP) is 2.73. The van der Waals surface area contributed by atoms with Crippen molar-refractivity contribution in [1.29, 1.82) is 0 Å². The van der Waals surface area contributed by atoms with Crippen LogP contribution in [0.25, 0.3) is 0 Å². The lowest BCUT2D eigenvalue weighted by Gasteiger charge is -2.34. The molecule has 0 radical (unpaired) electrons. The van der Waals surface area contributed by atoms with Crippen LogP contribution in [0.2, 0.25) is 0 Å². The van der Waals surface area contributed by atoms with Gasteiger partial charge in [0.05, 0.1) is 0 Å². The van der Waals surface area contributed by atoms with E-state index in [1.807, 2.05) is 0 Å². The van der Waals surface area contributed by atoms with Gasteiger partial charge in [0.25, 0.3) is 0 Å². The van der Waals surface area contributed by atoms with Crippen LogP contribution < -0.4 is 5.73 Å². The second kappa shape index (κ2) is 7.29. The number of hydrogen-bond acceptors (Lipinski definition) is 2. The van der Waals surface area contributed by atoms with Gasteiger partial charge in [0.2, 0.25) is 0 Å². The molecule has 1 aliphatic rings. The lowest BCUT2D eigenvalue weighted by atomic mass is 9.86. The molecule has 2 nitrogen and oxygen atoms in total. The van der Waals surface area contributed by atoms with Crippen LogP contribution in [0.5, 0.6) is 0 Å². The molecule has 1 aliphatic heterocycles. The van der Waals surface area contributed by atoms with E-state index in [0.717, 1.165) is 24.3 Å². The van der Waals surface area contributed by atoms with Crippen molar-refractivity contribution in [3.05, 3.63) is 0 Å². The zero-order chi connectivity index (χ0) is 12.0. The van der Waals surface area contributed by atoms with E-state index in [4.69, 9.17) is 5.73 Å². The minimum absolute atomic E-state index is 0.739. The van der Waals surface area contributed by atoms with Crippen molar-refractivity contribution in [3.8, 4) is 0 Å². The smallest absolute Gasteiger partial charge is 0.00156 e. The molecular formula is C14H30N2. The molecule has 1 unspecified atom stereocenters. The van der Waals surface area contributed by atoms with Crippen LogP contribution in [0, 0.1) is 17.8 Å². The van der Waals surface area contributed by atoms with Gasteiger partial charge in [0.1, 0.15) is 0 Å². The zero-order valence-corrected chi connectivity index (χ0v) is 11.4. The quantitative estimate of drug-likeness (QED) is 0.754. The lowest BCUT2D eigenvalue weighted by Crippen LogP contribution is -2.36. The van der Waals surface area contributed by atoms with E-state index in [-0.39, 0.29) is 0 Å². The number of rotatable bonds is 6. The van der Waals surface area contributed by atoms with Crippen LogP contribution in [0.15, 0.2) is 0 Å². The fourth-order valence-corrected chi connectivity index (χ4v) is 2.70. The number of likely N-dealkylation sites (tertiary alicyclic amines) is 1. The van der Waals surface area contributed by atoms with E-state index >= 15 is 0 Å². The molecule has 1 rings (SSSR count). The first kappa shape index (κ1) is 14.0. The number of hydrogen-bond donors (Lipinski definition) is 1. The largest absolute Gasteiger partial charge is 0.330 e. The van der Waals surface area contributed by atoms with Crippen molar-refractivity contribution in [2.24, 2.45) is 23.5 Å². The average Bonchev–Trinajstić information content (AvgIpc) is 2.31. The van der Waals surface area contributed by atoms with Crippen LogP contribution in [0.4, 0.5) is 0 Å². The molecule has 0 spiro atoms. The molecule has 0 aromatic rings. The van der Waals surface area contributed by atoms with Crippen molar-refractivity contribution in [1.82, 2.24) is 4.90 Å². The van der Waals surface area contributed by atoms with Gasteiger partial charge < -0.3 is 10.6 Å². The first-order valence-corrected chi connectivity index (χ1v) is 7.09. The Balaban J connectivity index is 2.17. The maximum atomic E-state index is 5.74. The predicted molar refractivity (Wildman–Crippen MR) is 71.5 cm³/mol. The normalized spacial score (nSPS) is 21.6. The van der Waals surface area contributed by atoms with Gasteiger partial charge in [-0.25, -0.2) is 0 Å². The summed E-state index contributed by atoms with van der Waals surface area (Å²) < 4.78 is 0. The summed E-state index contributed by atoms with van der Waals surface area (Å²) in [4.78, 5) is 2.64. The van der Waals surface area contributed by atoms with Gasteiger partial charge in [-0.05, 0) is 63.2 Å². The van der Waals surface area contributed by atoms with E-state index in [9.17, 15) is 0 Å². The Bertz CT molecular complexity index is 168. The second-order valence-electron chi connectivity index (χ2n) is 5.72. The van der Waals surface area contributed by atoms with Crippen LogP contribution >= 0.6 is 0 Å². The van der Waals surface area contributed by atoms with Crippen LogP contribution in [-0.2, 0) is 0 Å². The molecule has 0 aromatic carbocycles. The Hall–Kier alpha value is -0.0800. The molecule has 0 amide bonds. The monoisotopic (exact) mass is 226 g/mol. The minimum Gasteiger partial charge on any atom is -0.330 e. The maximum Gasteiger partial charge on any atom is -0.00156 e. The Labute approximate surface area is 102 Å². The fraction of sp³-hybridized carbons (Fsp3) is 1.00. The summed E-state index contributed by atoms with van der Waals surface area (Å²) in [5.74, 6) is 2.57. The average molecular weight is 226 g/mol. The summed E-state index contributed by atoms with van der Waals surface area (Å²) in [5.41, 5.74) is 5.74. The Morgan fingerprint density at radius 3 is 2.31 bits per heavy atom. The topological polar surface area (TPSA) is 29.3 Å². The van der Waals surface area contributed by atoms with E-state index in [1.54, 1.807) is 0 Å². The molecule has 2 heteroatoms. The van der Waals surface area contributed by atoms with Gasteiger partial charge in [0, 0.05) is 0 Å². The summed E-state index contributed by atoms with van der Waals surface area (Å²) in [6.45, 7) is 11.7. The first-order chi connectivity index (χ1) is 7.67. The summed E-state index contributed by atoms with van der Waals surface area (Å²) in [5, 5.41) is 0. The highest BCUT2D eigenvalue weighted by atomic mass is 15.1. The summed E-state index contributed by atoms with van der Waals surface area (Å²) in [6.07, 6.45) is 5.33. The van der Waals surface area contributed by atoms with E-state index in [1.165, 1.54) is 45.3 Å². The molecule has 16 heavy (non-hydrogen) atoms. The van der Waals surface area contributed by atoms with Crippen molar-refractivity contribution >= 4 is 0 Å².